The van der Waals surface area contributed by atoms with E-state index in [4.69, 9.17) is 5.26 Å². The van der Waals surface area contributed by atoms with Crippen LogP contribution in [0.2, 0.25) is 0 Å². The third-order valence-electron chi connectivity index (χ3n) is 4.07. The summed E-state index contributed by atoms with van der Waals surface area (Å²) in [6.07, 6.45) is 15.9. The fourth-order valence-corrected chi connectivity index (χ4v) is 2.78. The maximum Gasteiger partial charge on any atom is 0.0914 e. The van der Waals surface area contributed by atoms with E-state index in [9.17, 15) is 0 Å². The summed E-state index contributed by atoms with van der Waals surface area (Å²) in [5, 5.41) is 8.56. The van der Waals surface area contributed by atoms with E-state index in [2.05, 4.69) is 45.9 Å². The van der Waals surface area contributed by atoms with Gasteiger partial charge in [-0.25, -0.2) is 0 Å². The van der Waals surface area contributed by atoms with Crippen molar-refractivity contribution in [1.29, 1.82) is 5.26 Å². The first kappa shape index (κ1) is 17.2. The Balaban J connectivity index is 2.80. The van der Waals surface area contributed by atoms with E-state index in [0.29, 0.717) is 5.41 Å². The summed E-state index contributed by atoms with van der Waals surface area (Å²) in [5.41, 5.74) is 5.50. The largest absolute Gasteiger partial charge is 0.193 e. The molecular formula is C20H27N. The predicted molar refractivity (Wildman–Crippen MR) is 91.7 cm³/mol. The Bertz CT molecular complexity index is 557. The van der Waals surface area contributed by atoms with Gasteiger partial charge >= 0.3 is 0 Å². The van der Waals surface area contributed by atoms with Crippen LogP contribution in [0.15, 0.2) is 58.7 Å². The molecule has 1 nitrogen and oxygen atoms in total. The van der Waals surface area contributed by atoms with Gasteiger partial charge in [0.1, 0.15) is 0 Å². The first-order valence-corrected chi connectivity index (χ1v) is 7.66. The molecule has 1 rings (SSSR count). The first-order chi connectivity index (χ1) is 9.86. The Morgan fingerprint density at radius 1 is 1.19 bits per heavy atom. The minimum Gasteiger partial charge on any atom is -0.193 e. The second-order valence-corrected chi connectivity index (χ2v) is 6.55. The molecule has 0 unspecified atom stereocenters. The smallest absolute Gasteiger partial charge is 0.0914 e. The molecule has 0 saturated heterocycles. The second kappa shape index (κ2) is 7.84. The Labute approximate surface area is 130 Å². The lowest BCUT2D eigenvalue weighted by Crippen LogP contribution is -2.19. The van der Waals surface area contributed by atoms with Crippen LogP contribution in [0.25, 0.3) is 0 Å². The number of hydrogen-bond donors (Lipinski definition) is 0. The first-order valence-electron chi connectivity index (χ1n) is 7.66. The molecule has 0 amide bonds. The summed E-state index contributed by atoms with van der Waals surface area (Å²) < 4.78 is 0. The summed E-state index contributed by atoms with van der Waals surface area (Å²) in [6, 6.07) is 2.03. The van der Waals surface area contributed by atoms with Crippen molar-refractivity contribution >= 4 is 0 Å². The zero-order valence-corrected chi connectivity index (χ0v) is 14.0. The van der Waals surface area contributed by atoms with Crippen molar-refractivity contribution in [3.8, 4) is 6.07 Å². The summed E-state index contributed by atoms with van der Waals surface area (Å²) in [4.78, 5) is 0. The second-order valence-electron chi connectivity index (χ2n) is 6.55. The summed E-state index contributed by atoms with van der Waals surface area (Å²) >= 11 is 0. The van der Waals surface area contributed by atoms with Crippen LogP contribution < -0.4 is 0 Å². The quantitative estimate of drug-likeness (QED) is 0.455. The minimum atomic E-state index is 0.293. The fourth-order valence-electron chi connectivity index (χ4n) is 2.78. The van der Waals surface area contributed by atoms with Gasteiger partial charge < -0.3 is 0 Å². The van der Waals surface area contributed by atoms with Crippen LogP contribution in [0.1, 0.15) is 53.9 Å². The normalized spacial score (nSPS) is 20.4. The van der Waals surface area contributed by atoms with Crippen molar-refractivity contribution < 1.29 is 0 Å². The van der Waals surface area contributed by atoms with Crippen LogP contribution in [0, 0.1) is 16.7 Å². The van der Waals surface area contributed by atoms with Crippen molar-refractivity contribution in [3.63, 3.8) is 0 Å². The SMILES string of the molecule is CC1=C(/C=C/C(C)=C/C=C/C(C)=C/C#N)C(C)(C)CCC1. The highest BCUT2D eigenvalue weighted by Gasteiger charge is 2.26. The zero-order chi connectivity index (χ0) is 15.9. The van der Waals surface area contributed by atoms with Gasteiger partial charge in [0.05, 0.1) is 6.07 Å². The van der Waals surface area contributed by atoms with Crippen LogP contribution in [-0.4, -0.2) is 0 Å². The molecule has 0 atom stereocenters. The van der Waals surface area contributed by atoms with Gasteiger partial charge in [-0.1, -0.05) is 55.4 Å². The Hall–Kier alpha value is -1.81. The van der Waals surface area contributed by atoms with Crippen molar-refractivity contribution in [2.24, 2.45) is 5.41 Å². The fraction of sp³-hybridized carbons (Fsp3) is 0.450. The molecule has 0 aromatic carbocycles. The zero-order valence-electron chi connectivity index (χ0n) is 14.0. The maximum absolute atomic E-state index is 8.56. The topological polar surface area (TPSA) is 23.8 Å². The van der Waals surface area contributed by atoms with Crippen LogP contribution in [0.3, 0.4) is 0 Å². The summed E-state index contributed by atoms with van der Waals surface area (Å²) in [5.74, 6) is 0. The highest BCUT2D eigenvalue weighted by molar-refractivity contribution is 5.37. The average molecular weight is 281 g/mol. The van der Waals surface area contributed by atoms with Crippen LogP contribution in [0.4, 0.5) is 0 Å². The van der Waals surface area contributed by atoms with E-state index >= 15 is 0 Å². The molecule has 0 fully saturated rings. The lowest BCUT2D eigenvalue weighted by Gasteiger charge is -2.32. The summed E-state index contributed by atoms with van der Waals surface area (Å²) in [7, 11) is 0. The number of rotatable bonds is 4. The lowest BCUT2D eigenvalue weighted by molar-refractivity contribution is 0.377. The molecule has 0 aliphatic heterocycles. The van der Waals surface area contributed by atoms with E-state index in [-0.39, 0.29) is 0 Å². The summed E-state index contributed by atoms with van der Waals surface area (Å²) in [6.45, 7) is 11.0. The number of hydrogen-bond acceptors (Lipinski definition) is 1. The lowest BCUT2D eigenvalue weighted by atomic mass is 9.72. The van der Waals surface area contributed by atoms with Crippen molar-refractivity contribution in [2.75, 3.05) is 0 Å². The monoisotopic (exact) mass is 281 g/mol. The number of nitrogens with zero attached hydrogens (tertiary/aromatic N) is 1. The molecule has 0 aromatic heterocycles. The van der Waals surface area contributed by atoms with Gasteiger partial charge in [0, 0.05) is 6.08 Å². The maximum atomic E-state index is 8.56. The van der Waals surface area contributed by atoms with Gasteiger partial charge in [-0.15, -0.1) is 0 Å². The third-order valence-corrected chi connectivity index (χ3v) is 4.07. The molecule has 0 N–H and O–H groups in total. The predicted octanol–water partition coefficient (Wildman–Crippen LogP) is 6.04. The molecule has 1 aliphatic carbocycles. The molecule has 1 aliphatic rings. The van der Waals surface area contributed by atoms with Gasteiger partial charge in [0.15, 0.2) is 0 Å². The Kier molecular flexibility index (Phi) is 6.43. The van der Waals surface area contributed by atoms with Crippen LogP contribution in [0.5, 0.6) is 0 Å². The molecule has 0 aromatic rings. The van der Waals surface area contributed by atoms with Gasteiger partial charge in [-0.05, 0) is 56.6 Å². The van der Waals surface area contributed by atoms with E-state index in [1.165, 1.54) is 36.0 Å². The van der Waals surface area contributed by atoms with Gasteiger partial charge in [-0.3, -0.25) is 0 Å². The molecular weight excluding hydrogens is 254 g/mol. The van der Waals surface area contributed by atoms with Crippen LogP contribution in [-0.2, 0) is 0 Å². The van der Waals surface area contributed by atoms with Gasteiger partial charge in [0.25, 0.3) is 0 Å². The molecule has 1 heteroatoms. The molecule has 21 heavy (non-hydrogen) atoms. The van der Waals surface area contributed by atoms with E-state index in [1.54, 1.807) is 6.08 Å². The third kappa shape index (κ3) is 5.60. The molecule has 0 heterocycles. The van der Waals surface area contributed by atoms with E-state index in [1.807, 2.05) is 25.1 Å². The number of allylic oxidation sites excluding steroid dienone is 10. The molecule has 0 spiro atoms. The van der Waals surface area contributed by atoms with Crippen molar-refractivity contribution in [3.05, 3.63) is 58.7 Å². The van der Waals surface area contributed by atoms with Crippen molar-refractivity contribution in [1.82, 2.24) is 0 Å². The Morgan fingerprint density at radius 3 is 2.52 bits per heavy atom. The molecule has 0 saturated carbocycles. The molecule has 0 radical (unpaired) electrons. The van der Waals surface area contributed by atoms with Crippen molar-refractivity contribution in [2.45, 2.75) is 53.9 Å². The average Bonchev–Trinajstić information content (AvgIpc) is 2.37. The molecule has 0 bridgehead atoms. The highest BCUT2D eigenvalue weighted by atomic mass is 14.3. The van der Waals surface area contributed by atoms with Gasteiger partial charge in [-0.2, -0.15) is 5.26 Å². The van der Waals surface area contributed by atoms with E-state index < -0.39 is 0 Å². The minimum absolute atomic E-state index is 0.293. The van der Waals surface area contributed by atoms with E-state index in [0.717, 1.165) is 5.57 Å². The van der Waals surface area contributed by atoms with Crippen LogP contribution >= 0.6 is 0 Å². The Morgan fingerprint density at radius 2 is 1.90 bits per heavy atom. The van der Waals surface area contributed by atoms with Gasteiger partial charge in [0.2, 0.25) is 0 Å². The highest BCUT2D eigenvalue weighted by Crippen LogP contribution is 2.40. The standard InChI is InChI=1S/C20H27N/c1-16(8-6-9-17(2)13-15-21)11-12-19-18(3)10-7-14-20(19,4)5/h6,8-9,11-13H,7,10,14H2,1-5H3/b9-6+,12-11+,16-8+,17-13+. The molecule has 112 valence electrons. The number of nitriles is 1.